The van der Waals surface area contributed by atoms with E-state index in [0.717, 1.165) is 36.6 Å². The van der Waals surface area contributed by atoms with E-state index in [-0.39, 0.29) is 24.4 Å². The van der Waals surface area contributed by atoms with Crippen LogP contribution in [0.15, 0.2) is 48.5 Å². The Hall–Kier alpha value is -2.34. The number of hydrogen-bond acceptors (Lipinski definition) is 3. The summed E-state index contributed by atoms with van der Waals surface area (Å²) in [5.41, 5.74) is 3.86. The molecule has 0 radical (unpaired) electrons. The Kier molecular flexibility index (Phi) is 6.08. The van der Waals surface area contributed by atoms with E-state index in [1.165, 1.54) is 9.87 Å². The summed E-state index contributed by atoms with van der Waals surface area (Å²) in [6.07, 6.45) is 4.03. The van der Waals surface area contributed by atoms with Crippen molar-refractivity contribution in [2.24, 2.45) is 0 Å². The van der Waals surface area contributed by atoms with Crippen molar-refractivity contribution in [2.75, 3.05) is 17.1 Å². The van der Waals surface area contributed by atoms with Gasteiger partial charge in [0.1, 0.15) is 6.54 Å². The van der Waals surface area contributed by atoms with Crippen LogP contribution in [0.5, 0.6) is 0 Å². The summed E-state index contributed by atoms with van der Waals surface area (Å²) < 4.78 is 26.2. The molecular weight excluding hydrogens is 372 g/mol. The molecule has 6 heteroatoms. The van der Waals surface area contributed by atoms with Crippen LogP contribution < -0.4 is 9.62 Å². The first-order valence-corrected chi connectivity index (χ1v) is 11.6. The Morgan fingerprint density at radius 2 is 1.82 bits per heavy atom. The fourth-order valence-corrected chi connectivity index (χ4v) is 4.73. The first-order valence-electron chi connectivity index (χ1n) is 9.71. The highest BCUT2D eigenvalue weighted by Gasteiger charge is 2.26. The third kappa shape index (κ3) is 4.55. The molecule has 1 amide bonds. The van der Waals surface area contributed by atoms with Gasteiger partial charge < -0.3 is 5.32 Å². The molecule has 28 heavy (non-hydrogen) atoms. The van der Waals surface area contributed by atoms with Gasteiger partial charge >= 0.3 is 0 Å². The maximum absolute atomic E-state index is 12.8. The zero-order valence-corrected chi connectivity index (χ0v) is 17.5. The molecule has 0 bridgehead atoms. The van der Waals surface area contributed by atoms with E-state index < -0.39 is 10.0 Å². The lowest BCUT2D eigenvalue weighted by atomic mass is 9.88. The predicted octanol–water partition coefficient (Wildman–Crippen LogP) is 3.77. The van der Waals surface area contributed by atoms with Gasteiger partial charge in [-0.05, 0) is 47.9 Å². The summed E-state index contributed by atoms with van der Waals surface area (Å²) in [5, 5.41) is 3.05. The highest BCUT2D eigenvalue weighted by molar-refractivity contribution is 7.92. The van der Waals surface area contributed by atoms with Crippen molar-refractivity contribution in [1.29, 1.82) is 0 Å². The average Bonchev–Trinajstić information content (AvgIpc) is 2.65. The normalized spacial score (nSPS) is 16.5. The van der Waals surface area contributed by atoms with Gasteiger partial charge in [0.15, 0.2) is 0 Å². The van der Waals surface area contributed by atoms with Gasteiger partial charge in [-0.3, -0.25) is 9.10 Å². The molecular formula is C22H28N2O3S. The van der Waals surface area contributed by atoms with E-state index >= 15 is 0 Å². The summed E-state index contributed by atoms with van der Waals surface area (Å²) in [7, 11) is -3.60. The number of carbonyl (C=O) groups excluding carboxylic acids is 1. The zero-order chi connectivity index (χ0) is 20.3. The number of nitrogens with one attached hydrogen (secondary N) is 1. The summed E-state index contributed by atoms with van der Waals surface area (Å²) in [6.45, 7) is 3.80. The van der Waals surface area contributed by atoms with Crippen LogP contribution in [0.4, 0.5) is 5.69 Å². The quantitative estimate of drug-likeness (QED) is 0.803. The van der Waals surface area contributed by atoms with Crippen LogP contribution in [-0.4, -0.2) is 27.1 Å². The number of para-hydroxylation sites is 1. The lowest BCUT2D eigenvalue weighted by Crippen LogP contribution is -2.42. The van der Waals surface area contributed by atoms with Crippen LogP contribution in [0.1, 0.15) is 55.3 Å². The predicted molar refractivity (Wildman–Crippen MR) is 113 cm³/mol. The molecule has 2 aromatic carbocycles. The zero-order valence-electron chi connectivity index (χ0n) is 16.7. The van der Waals surface area contributed by atoms with Gasteiger partial charge in [0.2, 0.25) is 15.9 Å². The van der Waals surface area contributed by atoms with Gasteiger partial charge in [0.25, 0.3) is 0 Å². The van der Waals surface area contributed by atoms with E-state index in [0.29, 0.717) is 5.69 Å². The second kappa shape index (κ2) is 8.35. The van der Waals surface area contributed by atoms with Crippen LogP contribution in [0.3, 0.4) is 0 Å². The second-order valence-corrected chi connectivity index (χ2v) is 9.60. The number of sulfonamides is 1. The maximum Gasteiger partial charge on any atom is 0.241 e. The van der Waals surface area contributed by atoms with E-state index in [1.807, 2.05) is 44.2 Å². The fourth-order valence-electron chi connectivity index (χ4n) is 3.86. The Balaban J connectivity index is 1.83. The van der Waals surface area contributed by atoms with Crippen LogP contribution in [0.25, 0.3) is 0 Å². The Morgan fingerprint density at radius 3 is 2.54 bits per heavy atom. The molecule has 2 aromatic rings. The maximum atomic E-state index is 12.8. The molecule has 1 N–H and O–H groups in total. The van der Waals surface area contributed by atoms with Crippen molar-refractivity contribution >= 4 is 21.6 Å². The van der Waals surface area contributed by atoms with Crippen molar-refractivity contribution in [3.63, 3.8) is 0 Å². The number of nitrogens with zero attached hydrogens (tertiary/aromatic N) is 1. The monoisotopic (exact) mass is 400 g/mol. The molecule has 150 valence electrons. The summed E-state index contributed by atoms with van der Waals surface area (Å²) in [6, 6.07) is 15.4. The van der Waals surface area contributed by atoms with Crippen LogP contribution >= 0.6 is 0 Å². The molecule has 5 nitrogen and oxygen atoms in total. The largest absolute Gasteiger partial charge is 0.348 e. The minimum Gasteiger partial charge on any atom is -0.348 e. The highest BCUT2D eigenvalue weighted by Crippen LogP contribution is 2.31. The first-order chi connectivity index (χ1) is 13.3. The Morgan fingerprint density at radius 1 is 1.14 bits per heavy atom. The van der Waals surface area contributed by atoms with Crippen molar-refractivity contribution in [2.45, 2.75) is 45.1 Å². The molecule has 0 saturated heterocycles. The molecule has 1 atom stereocenters. The molecule has 0 spiro atoms. The van der Waals surface area contributed by atoms with E-state index in [9.17, 15) is 13.2 Å². The van der Waals surface area contributed by atoms with Crippen molar-refractivity contribution < 1.29 is 13.2 Å². The van der Waals surface area contributed by atoms with E-state index in [4.69, 9.17) is 0 Å². The second-order valence-electron chi connectivity index (χ2n) is 7.69. The highest BCUT2D eigenvalue weighted by atomic mass is 32.2. The Bertz CT molecular complexity index is 954. The molecule has 1 unspecified atom stereocenters. The number of anilines is 1. The van der Waals surface area contributed by atoms with Gasteiger partial charge in [-0.15, -0.1) is 0 Å². The van der Waals surface area contributed by atoms with E-state index in [1.54, 1.807) is 12.1 Å². The SMILES string of the molecule is CC(C)c1ccccc1N(CC(=O)NC1CCCc2ccccc21)S(C)(=O)=O. The number of hydrogen-bond donors (Lipinski definition) is 1. The van der Waals surface area contributed by atoms with Crippen molar-refractivity contribution in [1.82, 2.24) is 5.32 Å². The number of carbonyl (C=O) groups is 1. The summed E-state index contributed by atoms with van der Waals surface area (Å²) in [4.78, 5) is 12.8. The van der Waals surface area contributed by atoms with Gasteiger partial charge in [0.05, 0.1) is 18.0 Å². The van der Waals surface area contributed by atoms with Crippen molar-refractivity contribution in [3.8, 4) is 0 Å². The lowest BCUT2D eigenvalue weighted by Gasteiger charge is -2.29. The minimum atomic E-state index is -3.60. The lowest BCUT2D eigenvalue weighted by molar-refractivity contribution is -0.120. The molecule has 1 aliphatic carbocycles. The topological polar surface area (TPSA) is 66.5 Å². The number of aryl methyl sites for hydroxylation is 1. The number of amides is 1. The average molecular weight is 401 g/mol. The molecule has 0 fully saturated rings. The molecule has 0 heterocycles. The third-order valence-electron chi connectivity index (χ3n) is 5.22. The molecule has 3 rings (SSSR count). The van der Waals surface area contributed by atoms with Gasteiger partial charge in [-0.2, -0.15) is 0 Å². The smallest absolute Gasteiger partial charge is 0.241 e. The standard InChI is InChI=1S/C22H28N2O3S/c1-16(2)18-11-6-7-14-21(18)24(28(3,26)27)15-22(25)23-20-13-8-10-17-9-4-5-12-19(17)20/h4-7,9,11-12,14,16,20H,8,10,13,15H2,1-3H3,(H,23,25). The minimum absolute atomic E-state index is 0.0702. The summed E-state index contributed by atoms with van der Waals surface area (Å²) in [5.74, 6) is -0.139. The molecule has 0 aliphatic heterocycles. The first kappa shape index (κ1) is 20.4. The van der Waals surface area contributed by atoms with Crippen LogP contribution in [0.2, 0.25) is 0 Å². The van der Waals surface area contributed by atoms with Crippen LogP contribution in [0, 0.1) is 0 Å². The number of rotatable bonds is 6. The fraction of sp³-hybridized carbons (Fsp3) is 0.409. The third-order valence-corrected chi connectivity index (χ3v) is 6.35. The van der Waals surface area contributed by atoms with Crippen molar-refractivity contribution in [3.05, 3.63) is 65.2 Å². The molecule has 0 saturated carbocycles. The number of fused-ring (bicyclic) bond motifs is 1. The number of benzene rings is 2. The molecule has 0 aromatic heterocycles. The van der Waals surface area contributed by atoms with Gasteiger partial charge in [-0.25, -0.2) is 8.42 Å². The summed E-state index contributed by atoms with van der Waals surface area (Å²) >= 11 is 0. The van der Waals surface area contributed by atoms with E-state index in [2.05, 4.69) is 11.4 Å². The van der Waals surface area contributed by atoms with Gasteiger partial charge in [-0.1, -0.05) is 56.3 Å². The van der Waals surface area contributed by atoms with Gasteiger partial charge in [0, 0.05) is 0 Å². The molecule has 1 aliphatic rings. The Labute approximate surface area is 167 Å². The van der Waals surface area contributed by atoms with Crippen LogP contribution in [-0.2, 0) is 21.2 Å².